The topological polar surface area (TPSA) is 12.9 Å². The lowest BCUT2D eigenvalue weighted by Gasteiger charge is -1.96. The minimum Gasteiger partial charge on any atom is -0.241 e. The van der Waals surface area contributed by atoms with Crippen LogP contribution in [0.4, 0.5) is 4.39 Å². The molecular weight excluding hydrogens is 185 g/mol. The van der Waals surface area contributed by atoms with Crippen LogP contribution in [0.15, 0.2) is 36.5 Å². The van der Waals surface area contributed by atoms with Crippen LogP contribution in [-0.4, -0.2) is 4.98 Å². The number of aromatic nitrogens is 1. The van der Waals surface area contributed by atoms with E-state index in [0.717, 1.165) is 5.01 Å². The Hall–Kier alpha value is -1.22. The van der Waals surface area contributed by atoms with Crippen LogP contribution < -0.4 is 0 Å². The van der Waals surface area contributed by atoms with Crippen LogP contribution in [0.25, 0.3) is 5.57 Å². The van der Waals surface area contributed by atoms with Crippen molar-refractivity contribution in [2.75, 3.05) is 0 Å². The average Bonchev–Trinajstić information content (AvgIpc) is 2.51. The molecule has 1 nitrogen and oxygen atoms in total. The van der Waals surface area contributed by atoms with Crippen molar-refractivity contribution in [3.05, 3.63) is 47.2 Å². The maximum atomic E-state index is 13.1. The SMILES string of the molecule is C=C/C=C(/F)C(=C)c1csc(C)n1. The molecule has 0 bridgehead atoms. The number of rotatable bonds is 3. The number of hydrogen-bond donors (Lipinski definition) is 0. The monoisotopic (exact) mass is 195 g/mol. The number of nitrogens with zero attached hydrogens (tertiary/aromatic N) is 1. The van der Waals surface area contributed by atoms with Crippen LogP contribution in [0.1, 0.15) is 10.7 Å². The van der Waals surface area contributed by atoms with E-state index in [2.05, 4.69) is 18.1 Å². The third-order valence-electron chi connectivity index (χ3n) is 1.48. The number of halogens is 1. The molecule has 1 rings (SSSR count). The average molecular weight is 195 g/mol. The first-order valence-electron chi connectivity index (χ1n) is 3.75. The molecule has 0 atom stereocenters. The summed E-state index contributed by atoms with van der Waals surface area (Å²) in [4.78, 5) is 4.12. The van der Waals surface area contributed by atoms with Crippen LogP contribution in [0.5, 0.6) is 0 Å². The summed E-state index contributed by atoms with van der Waals surface area (Å²) in [6, 6.07) is 0. The molecule has 0 spiro atoms. The van der Waals surface area contributed by atoms with E-state index in [1.165, 1.54) is 23.5 Å². The number of aryl methyl sites for hydroxylation is 1. The Bertz CT molecular complexity index is 363. The van der Waals surface area contributed by atoms with Crippen molar-refractivity contribution >= 4 is 16.9 Å². The quantitative estimate of drug-likeness (QED) is 0.672. The highest BCUT2D eigenvalue weighted by Gasteiger charge is 2.06. The summed E-state index contributed by atoms with van der Waals surface area (Å²) < 4.78 is 13.1. The van der Waals surface area contributed by atoms with E-state index in [1.54, 1.807) is 5.38 Å². The molecule has 0 fully saturated rings. The molecule has 0 amide bonds. The zero-order valence-corrected chi connectivity index (χ0v) is 8.20. The normalized spacial score (nSPS) is 11.4. The Balaban J connectivity index is 2.91. The van der Waals surface area contributed by atoms with Crippen molar-refractivity contribution in [1.82, 2.24) is 4.98 Å². The Morgan fingerprint density at radius 1 is 1.69 bits per heavy atom. The predicted octanol–water partition coefficient (Wildman–Crippen LogP) is 3.50. The van der Waals surface area contributed by atoms with Gasteiger partial charge in [-0.1, -0.05) is 19.2 Å². The largest absolute Gasteiger partial charge is 0.241 e. The first kappa shape index (κ1) is 9.86. The third kappa shape index (κ3) is 2.36. The molecule has 0 aliphatic heterocycles. The molecule has 0 aliphatic carbocycles. The minimum absolute atomic E-state index is 0.309. The lowest BCUT2D eigenvalue weighted by atomic mass is 10.2. The number of thiazole rings is 1. The Morgan fingerprint density at radius 2 is 2.38 bits per heavy atom. The van der Waals surface area contributed by atoms with E-state index < -0.39 is 0 Å². The second kappa shape index (κ2) is 4.14. The third-order valence-corrected chi connectivity index (χ3v) is 2.25. The molecule has 3 heteroatoms. The molecule has 68 valence electrons. The highest BCUT2D eigenvalue weighted by atomic mass is 32.1. The van der Waals surface area contributed by atoms with Crippen molar-refractivity contribution in [2.45, 2.75) is 6.92 Å². The zero-order chi connectivity index (χ0) is 9.84. The van der Waals surface area contributed by atoms with Crippen molar-refractivity contribution in [2.24, 2.45) is 0 Å². The summed E-state index contributed by atoms with van der Waals surface area (Å²) in [5.74, 6) is -0.389. The first-order chi connectivity index (χ1) is 6.15. The minimum atomic E-state index is -0.389. The second-order valence-corrected chi connectivity index (χ2v) is 3.54. The van der Waals surface area contributed by atoms with Gasteiger partial charge >= 0.3 is 0 Å². The second-order valence-electron chi connectivity index (χ2n) is 2.48. The van der Waals surface area contributed by atoms with Gasteiger partial charge in [-0.25, -0.2) is 9.37 Å². The predicted molar refractivity (Wildman–Crippen MR) is 55.3 cm³/mol. The summed E-state index contributed by atoms with van der Waals surface area (Å²) in [5, 5.41) is 2.69. The fourth-order valence-corrected chi connectivity index (χ4v) is 1.46. The Morgan fingerprint density at radius 3 is 2.85 bits per heavy atom. The van der Waals surface area contributed by atoms with Crippen LogP contribution in [0.2, 0.25) is 0 Å². The molecule has 13 heavy (non-hydrogen) atoms. The van der Waals surface area contributed by atoms with E-state index in [9.17, 15) is 4.39 Å². The van der Waals surface area contributed by atoms with Gasteiger partial charge in [-0.05, 0) is 13.0 Å². The van der Waals surface area contributed by atoms with Crippen LogP contribution in [0.3, 0.4) is 0 Å². The van der Waals surface area contributed by atoms with Crippen LogP contribution in [-0.2, 0) is 0 Å². The summed E-state index contributed by atoms with van der Waals surface area (Å²) in [6.45, 7) is 8.89. The zero-order valence-electron chi connectivity index (χ0n) is 7.38. The van der Waals surface area contributed by atoms with Gasteiger partial charge in [-0.2, -0.15) is 0 Å². The van der Waals surface area contributed by atoms with Gasteiger partial charge in [0.2, 0.25) is 0 Å². The summed E-state index contributed by atoms with van der Waals surface area (Å²) in [5.41, 5.74) is 0.905. The van der Waals surface area contributed by atoms with Gasteiger partial charge in [0.05, 0.1) is 10.7 Å². The summed E-state index contributed by atoms with van der Waals surface area (Å²) in [6.07, 6.45) is 2.66. The fourth-order valence-electron chi connectivity index (χ4n) is 0.828. The molecule has 0 radical (unpaired) electrons. The van der Waals surface area contributed by atoms with E-state index in [4.69, 9.17) is 0 Å². The van der Waals surface area contributed by atoms with Gasteiger partial charge in [-0.15, -0.1) is 11.3 Å². The molecule has 0 aromatic carbocycles. The number of hydrogen-bond acceptors (Lipinski definition) is 2. The van der Waals surface area contributed by atoms with E-state index in [0.29, 0.717) is 11.3 Å². The van der Waals surface area contributed by atoms with Gasteiger partial charge in [0, 0.05) is 11.0 Å². The van der Waals surface area contributed by atoms with Crippen molar-refractivity contribution in [1.29, 1.82) is 0 Å². The van der Waals surface area contributed by atoms with E-state index in [-0.39, 0.29) is 5.83 Å². The van der Waals surface area contributed by atoms with Crippen molar-refractivity contribution in [3.8, 4) is 0 Å². The maximum Gasteiger partial charge on any atom is 0.132 e. The molecular formula is C10H10FNS. The highest BCUT2D eigenvalue weighted by Crippen LogP contribution is 2.23. The van der Waals surface area contributed by atoms with Gasteiger partial charge in [0.25, 0.3) is 0 Å². The Kier molecular flexibility index (Phi) is 3.14. The van der Waals surface area contributed by atoms with Gasteiger partial charge in [0.15, 0.2) is 0 Å². The Labute approximate surface area is 80.9 Å². The van der Waals surface area contributed by atoms with Gasteiger partial charge in [0.1, 0.15) is 5.83 Å². The molecule has 0 saturated heterocycles. The molecule has 0 unspecified atom stereocenters. The first-order valence-corrected chi connectivity index (χ1v) is 4.63. The van der Waals surface area contributed by atoms with Crippen molar-refractivity contribution < 1.29 is 4.39 Å². The highest BCUT2D eigenvalue weighted by molar-refractivity contribution is 7.09. The molecule has 0 saturated carbocycles. The van der Waals surface area contributed by atoms with E-state index in [1.807, 2.05) is 6.92 Å². The molecule has 1 aromatic heterocycles. The maximum absolute atomic E-state index is 13.1. The lowest BCUT2D eigenvalue weighted by molar-refractivity contribution is 0.674. The standard InChI is InChI=1S/C10H10FNS/c1-4-5-9(11)7(2)10-6-13-8(3)12-10/h4-6H,1-2H2,3H3/b9-5+. The van der Waals surface area contributed by atoms with Crippen molar-refractivity contribution in [3.63, 3.8) is 0 Å². The fraction of sp³-hybridized carbons (Fsp3) is 0.100. The smallest absolute Gasteiger partial charge is 0.132 e. The molecule has 0 N–H and O–H groups in total. The van der Waals surface area contributed by atoms with Gasteiger partial charge in [-0.3, -0.25) is 0 Å². The van der Waals surface area contributed by atoms with Crippen LogP contribution in [0, 0.1) is 6.92 Å². The lowest BCUT2D eigenvalue weighted by Crippen LogP contribution is -1.83. The number of allylic oxidation sites excluding steroid dienone is 4. The molecule has 1 heterocycles. The molecule has 0 aliphatic rings. The summed E-state index contributed by atoms with van der Waals surface area (Å²) in [7, 11) is 0. The van der Waals surface area contributed by atoms with Crippen LogP contribution >= 0.6 is 11.3 Å². The van der Waals surface area contributed by atoms with E-state index >= 15 is 0 Å². The van der Waals surface area contributed by atoms with Gasteiger partial charge < -0.3 is 0 Å². The summed E-state index contributed by atoms with van der Waals surface area (Å²) >= 11 is 1.48. The molecule has 1 aromatic rings.